The number of carbonyl (C=O) groups excluding carboxylic acids is 3. The summed E-state index contributed by atoms with van der Waals surface area (Å²) in [7, 11) is 0. The van der Waals surface area contributed by atoms with E-state index < -0.39 is 30.2 Å². The zero-order chi connectivity index (χ0) is 18.8. The molecule has 0 radical (unpaired) electrons. The normalized spacial score (nSPS) is 12.7. The Morgan fingerprint density at radius 1 is 1.00 bits per heavy atom. The van der Waals surface area contributed by atoms with Crippen molar-refractivity contribution in [1.82, 2.24) is 5.32 Å². The molecule has 3 rings (SSSR count). The van der Waals surface area contributed by atoms with E-state index in [0.29, 0.717) is 16.8 Å². The second kappa shape index (κ2) is 6.79. The lowest BCUT2D eigenvalue weighted by atomic mass is 10.1. The lowest BCUT2D eigenvalue weighted by molar-refractivity contribution is -0.142. The smallest absolute Gasteiger partial charge is 0.326 e. The molecule has 0 saturated heterocycles. The third kappa shape index (κ3) is 3.32. The molecule has 0 bridgehead atoms. The van der Waals surface area contributed by atoms with Gasteiger partial charge in [0.1, 0.15) is 6.04 Å². The molecular formula is C19H16N2O5. The summed E-state index contributed by atoms with van der Waals surface area (Å²) in [5.41, 5.74) is 3.14. The first-order valence-electron chi connectivity index (χ1n) is 7.94. The number of aliphatic carboxylic acids is 1. The number of carboxylic acids is 1. The molecule has 26 heavy (non-hydrogen) atoms. The van der Waals surface area contributed by atoms with Gasteiger partial charge in [-0.15, -0.1) is 0 Å². The summed E-state index contributed by atoms with van der Waals surface area (Å²) >= 11 is 0. The number of rotatable bonds is 5. The average molecular weight is 352 g/mol. The van der Waals surface area contributed by atoms with Crippen LogP contribution in [0.25, 0.3) is 11.1 Å². The topological polar surface area (TPSA) is 113 Å². The van der Waals surface area contributed by atoms with E-state index in [4.69, 9.17) is 5.11 Å². The maximum Gasteiger partial charge on any atom is 0.326 e. The van der Waals surface area contributed by atoms with E-state index in [1.807, 2.05) is 12.1 Å². The summed E-state index contributed by atoms with van der Waals surface area (Å²) in [6.07, 6.45) is -0.416. The van der Waals surface area contributed by atoms with Gasteiger partial charge < -0.3 is 15.7 Å². The van der Waals surface area contributed by atoms with Gasteiger partial charge in [-0.25, -0.2) is 4.79 Å². The van der Waals surface area contributed by atoms with Crippen LogP contribution in [0.1, 0.15) is 29.3 Å². The predicted molar refractivity (Wildman–Crippen MR) is 93.8 cm³/mol. The van der Waals surface area contributed by atoms with Gasteiger partial charge in [0, 0.05) is 23.7 Å². The number of nitrogens with one attached hydrogen (secondary N) is 2. The molecule has 0 aliphatic heterocycles. The number of anilines is 1. The van der Waals surface area contributed by atoms with Crippen LogP contribution in [-0.2, 0) is 14.4 Å². The number of carboxylic acid groups (broad SMARTS) is 1. The number of hydrogen-bond acceptors (Lipinski definition) is 4. The fourth-order valence-corrected chi connectivity index (χ4v) is 2.95. The average Bonchev–Trinajstić information content (AvgIpc) is 2.87. The number of ketones is 1. The first-order chi connectivity index (χ1) is 12.4. The molecule has 132 valence electrons. The molecule has 1 aliphatic carbocycles. The molecule has 0 unspecified atom stereocenters. The zero-order valence-electron chi connectivity index (χ0n) is 13.9. The highest BCUT2D eigenvalue weighted by molar-refractivity contribution is 6.22. The lowest BCUT2D eigenvalue weighted by Gasteiger charge is -2.13. The van der Waals surface area contributed by atoms with Gasteiger partial charge in [0.25, 0.3) is 0 Å². The van der Waals surface area contributed by atoms with E-state index in [9.17, 15) is 19.2 Å². The predicted octanol–water partition coefficient (Wildman–Crippen LogP) is 1.82. The third-order valence-corrected chi connectivity index (χ3v) is 4.07. The summed E-state index contributed by atoms with van der Waals surface area (Å²) in [6, 6.07) is 10.9. The molecule has 0 aromatic heterocycles. The molecule has 0 saturated carbocycles. The standard InChI is InChI=1S/C19H16N2O5/c1-10(22)20-16(19(25)26)9-17(23)21-11-6-7-13-12-4-2-3-5-14(12)18(24)15(13)8-11/h2-8,16H,9H2,1H3,(H,20,22)(H,21,23)(H,25,26)/t16-/m0/s1. The summed E-state index contributed by atoms with van der Waals surface area (Å²) in [5, 5.41) is 13.8. The Hall–Kier alpha value is -3.48. The SMILES string of the molecule is CC(=O)N[C@@H](CC(=O)Nc1ccc2c(c1)C(=O)c1ccccc1-2)C(=O)O. The van der Waals surface area contributed by atoms with Crippen molar-refractivity contribution >= 4 is 29.3 Å². The first kappa shape index (κ1) is 17.3. The van der Waals surface area contributed by atoms with Crippen molar-refractivity contribution in [1.29, 1.82) is 0 Å². The highest BCUT2D eigenvalue weighted by Gasteiger charge is 2.27. The lowest BCUT2D eigenvalue weighted by Crippen LogP contribution is -2.42. The van der Waals surface area contributed by atoms with Gasteiger partial charge in [-0.3, -0.25) is 14.4 Å². The second-order valence-corrected chi connectivity index (χ2v) is 5.98. The number of fused-ring (bicyclic) bond motifs is 3. The van der Waals surface area contributed by atoms with Crippen molar-refractivity contribution in [2.75, 3.05) is 5.32 Å². The molecule has 0 spiro atoms. The van der Waals surface area contributed by atoms with Crippen molar-refractivity contribution in [3.05, 3.63) is 53.6 Å². The Balaban J connectivity index is 1.76. The highest BCUT2D eigenvalue weighted by Crippen LogP contribution is 2.37. The fourth-order valence-electron chi connectivity index (χ4n) is 2.95. The summed E-state index contributed by atoms with van der Waals surface area (Å²) < 4.78 is 0. The minimum Gasteiger partial charge on any atom is -0.480 e. The van der Waals surface area contributed by atoms with E-state index in [-0.39, 0.29) is 5.78 Å². The van der Waals surface area contributed by atoms with E-state index >= 15 is 0 Å². The van der Waals surface area contributed by atoms with E-state index in [1.165, 1.54) is 6.92 Å². The minimum absolute atomic E-state index is 0.117. The Morgan fingerprint density at radius 2 is 1.65 bits per heavy atom. The van der Waals surface area contributed by atoms with Crippen LogP contribution in [0.4, 0.5) is 5.69 Å². The van der Waals surface area contributed by atoms with E-state index in [2.05, 4.69) is 10.6 Å². The molecule has 0 heterocycles. The molecule has 2 amide bonds. The molecule has 7 nitrogen and oxygen atoms in total. The van der Waals surface area contributed by atoms with Crippen LogP contribution in [0.15, 0.2) is 42.5 Å². The highest BCUT2D eigenvalue weighted by atomic mass is 16.4. The van der Waals surface area contributed by atoms with Crippen LogP contribution in [-0.4, -0.2) is 34.7 Å². The van der Waals surface area contributed by atoms with Crippen LogP contribution in [0, 0.1) is 0 Å². The monoisotopic (exact) mass is 352 g/mol. The van der Waals surface area contributed by atoms with Gasteiger partial charge >= 0.3 is 5.97 Å². The fraction of sp³-hybridized carbons (Fsp3) is 0.158. The minimum atomic E-state index is -1.31. The van der Waals surface area contributed by atoms with E-state index in [1.54, 1.807) is 30.3 Å². The van der Waals surface area contributed by atoms with Crippen LogP contribution in [0.3, 0.4) is 0 Å². The Labute approximate surface area is 149 Å². The summed E-state index contributed by atoms with van der Waals surface area (Å²) in [4.78, 5) is 46.7. The van der Waals surface area contributed by atoms with Gasteiger partial charge in [-0.05, 0) is 23.3 Å². The van der Waals surface area contributed by atoms with Gasteiger partial charge in [-0.1, -0.05) is 30.3 Å². The van der Waals surface area contributed by atoms with Crippen molar-refractivity contribution < 1.29 is 24.3 Å². The largest absolute Gasteiger partial charge is 0.480 e. The van der Waals surface area contributed by atoms with Gasteiger partial charge in [0.15, 0.2) is 5.78 Å². The second-order valence-electron chi connectivity index (χ2n) is 5.98. The van der Waals surface area contributed by atoms with Gasteiger partial charge in [0.05, 0.1) is 6.42 Å². The quantitative estimate of drug-likeness (QED) is 0.648. The molecule has 0 fully saturated rings. The summed E-state index contributed by atoms with van der Waals surface area (Å²) in [5.74, 6) is -2.52. The molecule has 2 aromatic rings. The van der Waals surface area contributed by atoms with Crippen molar-refractivity contribution in [3.63, 3.8) is 0 Å². The number of amides is 2. The van der Waals surface area contributed by atoms with Crippen LogP contribution < -0.4 is 10.6 Å². The van der Waals surface area contributed by atoms with Crippen LogP contribution in [0.5, 0.6) is 0 Å². The molecular weight excluding hydrogens is 336 g/mol. The third-order valence-electron chi connectivity index (χ3n) is 4.07. The van der Waals surface area contributed by atoms with Gasteiger partial charge in [0.2, 0.25) is 11.8 Å². The Bertz CT molecular complexity index is 935. The van der Waals surface area contributed by atoms with Crippen molar-refractivity contribution in [2.45, 2.75) is 19.4 Å². The van der Waals surface area contributed by atoms with E-state index in [0.717, 1.165) is 11.1 Å². The molecule has 3 N–H and O–H groups in total. The number of carbonyl (C=O) groups is 4. The zero-order valence-corrected chi connectivity index (χ0v) is 13.9. The number of benzene rings is 2. The number of hydrogen-bond donors (Lipinski definition) is 3. The molecule has 2 aromatic carbocycles. The molecule has 1 aliphatic rings. The Kier molecular flexibility index (Phi) is 4.53. The Morgan fingerprint density at radius 3 is 2.31 bits per heavy atom. The van der Waals surface area contributed by atoms with Crippen molar-refractivity contribution in [2.24, 2.45) is 0 Å². The first-order valence-corrected chi connectivity index (χ1v) is 7.94. The van der Waals surface area contributed by atoms with Crippen LogP contribution >= 0.6 is 0 Å². The van der Waals surface area contributed by atoms with Crippen LogP contribution in [0.2, 0.25) is 0 Å². The summed E-state index contributed by atoms with van der Waals surface area (Å²) in [6.45, 7) is 1.18. The molecule has 1 atom stereocenters. The maximum absolute atomic E-state index is 12.5. The molecule has 7 heteroatoms. The van der Waals surface area contributed by atoms with Gasteiger partial charge in [-0.2, -0.15) is 0 Å². The van der Waals surface area contributed by atoms with Crippen molar-refractivity contribution in [3.8, 4) is 11.1 Å². The maximum atomic E-state index is 12.5.